The number of carbonyl (C=O) groups is 1. The largest absolute Gasteiger partial charge is 0.396 e. The van der Waals surface area contributed by atoms with Crippen molar-refractivity contribution in [1.29, 1.82) is 0 Å². The first-order chi connectivity index (χ1) is 14.3. The van der Waals surface area contributed by atoms with Crippen molar-refractivity contribution in [3.8, 4) is 0 Å². The number of nitrogen functional groups attached to an aromatic ring is 1. The molecule has 10 nitrogen and oxygen atoms in total. The van der Waals surface area contributed by atoms with Crippen LogP contribution >= 0.6 is 0 Å². The van der Waals surface area contributed by atoms with Crippen LogP contribution in [0.1, 0.15) is 37.7 Å². The molecular weight excluding hydrogens is 410 g/mol. The Kier molecular flexibility index (Phi) is 8.33. The monoisotopic (exact) mass is 439 g/mol. The van der Waals surface area contributed by atoms with Gasteiger partial charge >= 0.3 is 6.03 Å². The van der Waals surface area contributed by atoms with Gasteiger partial charge in [-0.2, -0.15) is 0 Å². The Hall–Kier alpha value is -2.50. The summed E-state index contributed by atoms with van der Waals surface area (Å²) in [5.74, 6) is 0.282. The van der Waals surface area contributed by atoms with Gasteiger partial charge in [0.15, 0.2) is 15.7 Å². The van der Waals surface area contributed by atoms with Crippen LogP contribution in [0.3, 0.4) is 0 Å². The molecule has 1 aromatic rings. The molecule has 0 atom stereocenters. The number of amides is 2. The Morgan fingerprint density at radius 2 is 2.07 bits per heavy atom. The minimum Gasteiger partial charge on any atom is -0.396 e. The molecule has 0 bridgehead atoms. The Labute approximate surface area is 176 Å². The number of aromatic nitrogens is 2. The zero-order valence-electron chi connectivity index (χ0n) is 17.0. The molecule has 1 aliphatic rings. The lowest BCUT2D eigenvalue weighted by atomic mass is 9.94. The number of primary amides is 1. The molecule has 2 amide bonds. The second kappa shape index (κ2) is 10.5. The molecule has 166 valence electrons. The van der Waals surface area contributed by atoms with E-state index in [1.54, 1.807) is 25.2 Å². The third kappa shape index (κ3) is 5.55. The fourth-order valence-corrected chi connectivity index (χ4v) is 5.46. The fraction of sp³-hybridized carbons (Fsp3) is 0.526. The number of urea groups is 1. The van der Waals surface area contributed by atoms with E-state index in [0.29, 0.717) is 11.3 Å². The smallest absolute Gasteiger partial charge is 0.312 e. The molecule has 2 rings (SSSR count). The SMILES string of the molecule is C/C=C(\C=C/CNC(N)=O)c1nc(N)cc(C2(S(=O)(=O)CCCO)CCOCC2)n1. The van der Waals surface area contributed by atoms with Crippen molar-refractivity contribution in [2.75, 3.05) is 37.9 Å². The van der Waals surface area contributed by atoms with Gasteiger partial charge in [0.1, 0.15) is 10.6 Å². The first-order valence-corrected chi connectivity index (χ1v) is 11.3. The van der Waals surface area contributed by atoms with Gasteiger partial charge in [-0.1, -0.05) is 18.2 Å². The lowest BCUT2D eigenvalue weighted by Gasteiger charge is -2.36. The number of carbonyl (C=O) groups excluding carboxylic acids is 1. The molecule has 0 saturated carbocycles. The minimum absolute atomic E-state index is 0.147. The van der Waals surface area contributed by atoms with E-state index in [-0.39, 0.29) is 63.0 Å². The van der Waals surface area contributed by atoms with Gasteiger partial charge in [-0.05, 0) is 26.2 Å². The minimum atomic E-state index is -3.64. The molecule has 0 aromatic carbocycles. The molecule has 6 N–H and O–H groups in total. The number of hydrogen-bond acceptors (Lipinski definition) is 8. The zero-order chi connectivity index (χ0) is 22.2. The number of aliphatic hydroxyl groups is 1. The highest BCUT2D eigenvalue weighted by atomic mass is 32.2. The van der Waals surface area contributed by atoms with Gasteiger partial charge in [-0.15, -0.1) is 0 Å². The third-order valence-electron chi connectivity index (χ3n) is 4.94. The number of nitrogens with zero attached hydrogens (tertiary/aromatic N) is 2. The van der Waals surface area contributed by atoms with Crippen molar-refractivity contribution in [1.82, 2.24) is 15.3 Å². The molecule has 1 aliphatic heterocycles. The predicted molar refractivity (Wildman–Crippen MR) is 114 cm³/mol. The number of aliphatic hydroxyl groups excluding tert-OH is 1. The average molecular weight is 440 g/mol. The molecule has 1 fully saturated rings. The van der Waals surface area contributed by atoms with Gasteiger partial charge < -0.3 is 26.6 Å². The summed E-state index contributed by atoms with van der Waals surface area (Å²) in [6.07, 6.45) is 5.78. The number of rotatable bonds is 9. The Bertz CT molecular complexity index is 908. The van der Waals surface area contributed by atoms with E-state index in [0.717, 1.165) is 0 Å². The number of nitrogens with two attached hydrogens (primary N) is 2. The summed E-state index contributed by atoms with van der Waals surface area (Å²) in [5.41, 5.74) is 12.0. The molecule has 30 heavy (non-hydrogen) atoms. The zero-order valence-corrected chi connectivity index (χ0v) is 17.8. The molecule has 0 aliphatic carbocycles. The van der Waals surface area contributed by atoms with E-state index >= 15 is 0 Å². The highest BCUT2D eigenvalue weighted by molar-refractivity contribution is 7.92. The van der Waals surface area contributed by atoms with Crippen LogP contribution in [0, 0.1) is 0 Å². The van der Waals surface area contributed by atoms with Gasteiger partial charge in [-0.25, -0.2) is 23.2 Å². The van der Waals surface area contributed by atoms with Gasteiger partial charge in [0.25, 0.3) is 0 Å². The first kappa shape index (κ1) is 23.8. The molecule has 1 saturated heterocycles. The van der Waals surface area contributed by atoms with Gasteiger partial charge in [0.2, 0.25) is 0 Å². The molecule has 1 aromatic heterocycles. The van der Waals surface area contributed by atoms with Crippen molar-refractivity contribution in [2.45, 2.75) is 30.9 Å². The van der Waals surface area contributed by atoms with Gasteiger partial charge in [0, 0.05) is 38.0 Å². The number of anilines is 1. The van der Waals surface area contributed by atoms with Gasteiger partial charge in [-0.3, -0.25) is 0 Å². The normalized spacial score (nSPS) is 17.2. The standard InChI is InChI=1S/C19H29N5O5S/c1-2-14(5-3-8-22-18(21)26)17-23-15(13-16(20)24-17)19(6-10-29-11-7-19)30(27,28)12-4-9-25/h2-3,5,13,25H,4,6-12H2,1H3,(H2,20,23,24)(H3,21,22,26)/b5-3-,14-2+. The number of nitrogens with one attached hydrogen (secondary N) is 1. The van der Waals surface area contributed by atoms with E-state index in [4.69, 9.17) is 21.3 Å². The number of sulfone groups is 1. The van der Waals surface area contributed by atoms with Crippen LogP contribution < -0.4 is 16.8 Å². The fourth-order valence-electron chi connectivity index (χ4n) is 3.35. The molecule has 0 spiro atoms. The van der Waals surface area contributed by atoms with Crippen LogP contribution in [-0.2, 0) is 19.3 Å². The van der Waals surface area contributed by atoms with Crippen LogP contribution in [0.4, 0.5) is 10.6 Å². The summed E-state index contributed by atoms with van der Waals surface area (Å²) in [6, 6.07) is 0.857. The second-order valence-corrected chi connectivity index (χ2v) is 9.32. The number of allylic oxidation sites excluding steroid dienone is 3. The van der Waals surface area contributed by atoms with E-state index in [1.807, 2.05) is 0 Å². The van der Waals surface area contributed by atoms with Crippen molar-refractivity contribution < 1.29 is 23.1 Å². The van der Waals surface area contributed by atoms with Gasteiger partial charge in [0.05, 0.1) is 11.4 Å². The predicted octanol–water partition coefficient (Wildman–Crippen LogP) is 0.490. The van der Waals surface area contributed by atoms with Crippen molar-refractivity contribution >= 4 is 27.3 Å². The van der Waals surface area contributed by atoms with Crippen molar-refractivity contribution in [3.63, 3.8) is 0 Å². The van der Waals surface area contributed by atoms with Crippen LogP contribution in [0.5, 0.6) is 0 Å². The van der Waals surface area contributed by atoms with E-state index in [9.17, 15) is 13.2 Å². The van der Waals surface area contributed by atoms with E-state index in [2.05, 4.69) is 15.3 Å². The highest BCUT2D eigenvalue weighted by Crippen LogP contribution is 2.40. The summed E-state index contributed by atoms with van der Waals surface area (Å²) in [4.78, 5) is 19.6. The maximum Gasteiger partial charge on any atom is 0.312 e. The maximum absolute atomic E-state index is 13.3. The average Bonchev–Trinajstić information content (AvgIpc) is 2.72. The second-order valence-electron chi connectivity index (χ2n) is 6.90. The quantitative estimate of drug-likeness (QED) is 0.403. The van der Waals surface area contributed by atoms with E-state index in [1.165, 1.54) is 6.07 Å². The first-order valence-electron chi connectivity index (χ1n) is 9.68. The lowest BCUT2D eigenvalue weighted by molar-refractivity contribution is 0.0729. The van der Waals surface area contributed by atoms with Crippen LogP contribution in [0.25, 0.3) is 5.57 Å². The molecule has 0 unspecified atom stereocenters. The lowest BCUT2D eigenvalue weighted by Crippen LogP contribution is -2.43. The van der Waals surface area contributed by atoms with Crippen molar-refractivity contribution in [3.05, 3.63) is 35.8 Å². The summed E-state index contributed by atoms with van der Waals surface area (Å²) in [5, 5.41) is 11.6. The Morgan fingerprint density at radius 1 is 1.37 bits per heavy atom. The third-order valence-corrected chi connectivity index (χ3v) is 7.57. The Balaban J connectivity index is 2.47. The molecule has 0 radical (unpaired) electrons. The Morgan fingerprint density at radius 3 is 2.67 bits per heavy atom. The summed E-state index contributed by atoms with van der Waals surface area (Å²) in [7, 11) is -3.64. The number of hydrogen-bond donors (Lipinski definition) is 4. The maximum atomic E-state index is 13.3. The highest BCUT2D eigenvalue weighted by Gasteiger charge is 2.47. The topological polar surface area (TPSA) is 171 Å². The molecule has 11 heteroatoms. The molecule has 2 heterocycles. The van der Waals surface area contributed by atoms with Crippen molar-refractivity contribution in [2.24, 2.45) is 5.73 Å². The molecular formula is C19H29N5O5S. The van der Waals surface area contributed by atoms with Crippen LogP contribution in [0.2, 0.25) is 0 Å². The van der Waals surface area contributed by atoms with Crippen LogP contribution in [0.15, 0.2) is 24.3 Å². The summed E-state index contributed by atoms with van der Waals surface area (Å²) < 4.78 is 30.7. The summed E-state index contributed by atoms with van der Waals surface area (Å²) >= 11 is 0. The number of ether oxygens (including phenoxy) is 1. The van der Waals surface area contributed by atoms with Crippen LogP contribution in [-0.4, -0.2) is 61.6 Å². The summed E-state index contributed by atoms with van der Waals surface area (Å²) in [6.45, 7) is 2.36. The van der Waals surface area contributed by atoms with E-state index < -0.39 is 20.6 Å².